The highest BCUT2D eigenvalue weighted by molar-refractivity contribution is 7.18. The number of aromatic nitrogens is 1. The van der Waals surface area contributed by atoms with Gasteiger partial charge in [-0.1, -0.05) is 19.8 Å². The molecule has 2 aromatic heterocycles. The molecule has 0 saturated heterocycles. The van der Waals surface area contributed by atoms with Crippen molar-refractivity contribution < 1.29 is 13.9 Å². The average molecular weight is 471 g/mol. The average Bonchev–Trinajstić information content (AvgIpc) is 3.14. The summed E-state index contributed by atoms with van der Waals surface area (Å²) < 4.78 is 20.5. The predicted molar refractivity (Wildman–Crippen MR) is 128 cm³/mol. The van der Waals surface area contributed by atoms with Crippen molar-refractivity contribution in [3.63, 3.8) is 0 Å². The first-order chi connectivity index (χ1) is 15.4. The first-order valence-corrected chi connectivity index (χ1v) is 11.9. The third-order valence-corrected chi connectivity index (χ3v) is 6.40. The fourth-order valence-corrected chi connectivity index (χ4v) is 4.62. The fraction of sp³-hybridized carbons (Fsp3) is 0.304. The van der Waals surface area contributed by atoms with Crippen LogP contribution in [-0.2, 0) is 16.0 Å². The Kier molecular flexibility index (Phi) is 7.38. The van der Waals surface area contributed by atoms with Crippen LogP contribution in [0.15, 0.2) is 29.0 Å². The number of ether oxygens (including phenoxy) is 1. The number of thiazole rings is 1. The Balaban J connectivity index is 0.00000141. The van der Waals surface area contributed by atoms with Crippen molar-refractivity contribution in [3.05, 3.63) is 39.8 Å². The van der Waals surface area contributed by atoms with E-state index >= 15 is 0 Å². The number of hydrogen-bond acceptors (Lipinski definition) is 7. The number of fused-ring (bicyclic) bond motifs is 1. The lowest BCUT2D eigenvalue weighted by atomic mass is 10.1. The summed E-state index contributed by atoms with van der Waals surface area (Å²) in [6.07, 6.45) is 6.53. The van der Waals surface area contributed by atoms with E-state index in [1.807, 2.05) is 30.7 Å². The highest BCUT2D eigenvalue weighted by atomic mass is 32.1. The van der Waals surface area contributed by atoms with Crippen LogP contribution in [0.1, 0.15) is 38.1 Å². The lowest BCUT2D eigenvalue weighted by Crippen LogP contribution is -2.37. The van der Waals surface area contributed by atoms with Crippen LogP contribution in [0, 0.1) is 29.0 Å². The van der Waals surface area contributed by atoms with Crippen LogP contribution in [0.3, 0.4) is 0 Å². The van der Waals surface area contributed by atoms with Gasteiger partial charge in [0.15, 0.2) is 11.8 Å². The molecule has 0 aliphatic heterocycles. The van der Waals surface area contributed by atoms with Gasteiger partial charge in [0, 0.05) is 5.56 Å². The molecule has 0 spiro atoms. The number of rotatable bonds is 6. The molecule has 0 unspecified atom stereocenters. The van der Waals surface area contributed by atoms with E-state index in [9.17, 15) is 9.18 Å². The Morgan fingerprint density at radius 3 is 2.69 bits per heavy atom. The van der Waals surface area contributed by atoms with E-state index in [-0.39, 0.29) is 30.5 Å². The molecule has 0 bridgehead atoms. The maximum absolute atomic E-state index is 14.9. The molecule has 9 heteroatoms. The SMILES string of the molecule is C#CC1(NC(=O)CC(=N)OC(=N)Cc2nc3ccc(-c4ccsc4)c(F)c3s2)CC1.CC. The zero-order chi connectivity index (χ0) is 23.3. The Hall–Kier alpha value is -3.09. The first-order valence-electron chi connectivity index (χ1n) is 10.1. The molecular weight excluding hydrogens is 447 g/mol. The lowest BCUT2D eigenvalue weighted by molar-refractivity contribution is -0.120. The molecule has 3 N–H and O–H groups in total. The maximum Gasteiger partial charge on any atom is 0.230 e. The number of benzene rings is 1. The molecule has 1 aliphatic carbocycles. The molecule has 1 fully saturated rings. The molecule has 6 nitrogen and oxygen atoms in total. The van der Waals surface area contributed by atoms with Gasteiger partial charge in [0.05, 0.1) is 16.6 Å². The molecule has 3 aromatic rings. The molecule has 0 atom stereocenters. The number of amides is 1. The molecule has 32 heavy (non-hydrogen) atoms. The third kappa shape index (κ3) is 5.39. The number of nitrogens with one attached hydrogen (secondary N) is 3. The summed E-state index contributed by atoms with van der Waals surface area (Å²) in [4.78, 5) is 16.3. The van der Waals surface area contributed by atoms with E-state index in [0.29, 0.717) is 20.8 Å². The van der Waals surface area contributed by atoms with Crippen LogP contribution >= 0.6 is 22.7 Å². The van der Waals surface area contributed by atoms with Crippen LogP contribution in [0.25, 0.3) is 21.3 Å². The monoisotopic (exact) mass is 470 g/mol. The number of nitrogens with zero attached hydrogens (tertiary/aromatic N) is 1. The van der Waals surface area contributed by atoms with Crippen LogP contribution in [0.2, 0.25) is 0 Å². The molecular formula is C23H23FN4O2S2. The van der Waals surface area contributed by atoms with E-state index in [1.54, 1.807) is 12.1 Å². The second-order valence-electron chi connectivity index (χ2n) is 6.97. The second-order valence-corrected chi connectivity index (χ2v) is 8.84. The van der Waals surface area contributed by atoms with Gasteiger partial charge in [0.25, 0.3) is 0 Å². The minimum atomic E-state index is -0.585. The van der Waals surface area contributed by atoms with Gasteiger partial charge in [-0.25, -0.2) is 9.37 Å². The zero-order valence-electron chi connectivity index (χ0n) is 17.8. The van der Waals surface area contributed by atoms with Crippen molar-refractivity contribution in [2.75, 3.05) is 0 Å². The van der Waals surface area contributed by atoms with Crippen LogP contribution in [0.5, 0.6) is 0 Å². The molecule has 0 radical (unpaired) electrons. The number of carbonyl (C=O) groups excluding carboxylic acids is 1. The number of hydrogen-bond donors (Lipinski definition) is 3. The smallest absolute Gasteiger partial charge is 0.230 e. The quantitative estimate of drug-likeness (QED) is 0.256. The number of terminal acetylenes is 1. The highest BCUT2D eigenvalue weighted by Crippen LogP contribution is 2.34. The summed E-state index contributed by atoms with van der Waals surface area (Å²) >= 11 is 2.65. The third-order valence-electron chi connectivity index (χ3n) is 4.66. The van der Waals surface area contributed by atoms with Crippen LogP contribution in [0.4, 0.5) is 4.39 Å². The summed E-state index contributed by atoms with van der Waals surface area (Å²) in [6.45, 7) is 4.00. The van der Waals surface area contributed by atoms with E-state index in [0.717, 1.165) is 29.7 Å². The van der Waals surface area contributed by atoms with Crippen molar-refractivity contribution in [3.8, 4) is 23.5 Å². The Morgan fingerprint density at radius 1 is 1.31 bits per heavy atom. The lowest BCUT2D eigenvalue weighted by Gasteiger charge is -2.11. The number of halogens is 1. The highest BCUT2D eigenvalue weighted by Gasteiger charge is 2.42. The summed E-state index contributed by atoms with van der Waals surface area (Å²) in [5, 5.41) is 22.7. The Bertz CT molecular complexity index is 1190. The largest absolute Gasteiger partial charge is 0.429 e. The summed E-state index contributed by atoms with van der Waals surface area (Å²) in [6, 6.07) is 5.31. The van der Waals surface area contributed by atoms with Crippen molar-refractivity contribution >= 4 is 50.6 Å². The molecule has 1 saturated carbocycles. The Morgan fingerprint density at radius 2 is 2.06 bits per heavy atom. The minimum absolute atomic E-state index is 0.00482. The van der Waals surface area contributed by atoms with E-state index < -0.39 is 11.4 Å². The van der Waals surface area contributed by atoms with Crippen molar-refractivity contribution in [1.82, 2.24) is 10.3 Å². The van der Waals surface area contributed by atoms with Crippen molar-refractivity contribution in [2.24, 2.45) is 0 Å². The van der Waals surface area contributed by atoms with Crippen LogP contribution < -0.4 is 5.32 Å². The van der Waals surface area contributed by atoms with E-state index in [2.05, 4.69) is 16.2 Å². The van der Waals surface area contributed by atoms with Gasteiger partial charge >= 0.3 is 0 Å². The first kappa shape index (κ1) is 23.6. The van der Waals surface area contributed by atoms with Gasteiger partial charge in [-0.2, -0.15) is 11.3 Å². The molecule has 1 aliphatic rings. The summed E-state index contributed by atoms with van der Waals surface area (Å²) in [7, 11) is 0. The van der Waals surface area contributed by atoms with Crippen LogP contribution in [-0.4, -0.2) is 28.2 Å². The summed E-state index contributed by atoms with van der Waals surface area (Å²) in [5.41, 5.74) is 1.25. The minimum Gasteiger partial charge on any atom is -0.429 e. The molecule has 4 rings (SSSR count). The van der Waals surface area contributed by atoms with Gasteiger partial charge in [-0.05, 0) is 47.4 Å². The van der Waals surface area contributed by atoms with Gasteiger partial charge < -0.3 is 10.1 Å². The standard InChI is InChI=1S/C21H17FN4O2S2.C2H6/c1-2-21(6-7-21)26-17(27)9-15(23)28-16(24)10-18-25-14-4-3-13(12-5-8-29-11-12)19(22)20(14)30-18;1-2/h1,3-5,8,11,23-24H,6-7,9-10H2,(H,26,27);1-2H3. The van der Waals surface area contributed by atoms with E-state index in [4.69, 9.17) is 22.0 Å². The molecule has 1 aromatic carbocycles. The van der Waals surface area contributed by atoms with E-state index in [1.165, 1.54) is 11.3 Å². The van der Waals surface area contributed by atoms with Gasteiger partial charge in [0.1, 0.15) is 22.8 Å². The van der Waals surface area contributed by atoms with Crippen molar-refractivity contribution in [2.45, 2.75) is 45.1 Å². The maximum atomic E-state index is 14.9. The topological polar surface area (TPSA) is 98.9 Å². The molecule has 1 amide bonds. The molecule has 2 heterocycles. The zero-order valence-corrected chi connectivity index (χ0v) is 19.4. The fourth-order valence-electron chi connectivity index (χ4n) is 2.97. The second kappa shape index (κ2) is 10.0. The van der Waals surface area contributed by atoms with Gasteiger partial charge in [0.2, 0.25) is 5.91 Å². The van der Waals surface area contributed by atoms with Gasteiger partial charge in [-0.15, -0.1) is 17.8 Å². The normalized spacial score (nSPS) is 13.4. The number of thiophene rings is 1. The summed E-state index contributed by atoms with van der Waals surface area (Å²) in [5.74, 6) is 1.21. The predicted octanol–water partition coefficient (Wildman–Crippen LogP) is 5.38. The Labute approximate surface area is 193 Å². The van der Waals surface area contributed by atoms with Gasteiger partial charge in [-0.3, -0.25) is 15.6 Å². The molecule has 166 valence electrons. The van der Waals surface area contributed by atoms with Crippen molar-refractivity contribution in [1.29, 1.82) is 10.8 Å². The number of carbonyl (C=O) groups is 1.